The van der Waals surface area contributed by atoms with Gasteiger partial charge in [-0.2, -0.15) is 5.10 Å². The van der Waals surface area contributed by atoms with E-state index in [1.807, 2.05) is 18.2 Å². The molecule has 4 N–H and O–H groups in total. The number of benzene rings is 2. The highest BCUT2D eigenvalue weighted by Crippen LogP contribution is 2.28. The third-order valence-electron chi connectivity index (χ3n) is 3.02. The molecule has 1 aromatic heterocycles. The van der Waals surface area contributed by atoms with E-state index >= 15 is 0 Å². The highest BCUT2D eigenvalue weighted by Gasteiger charge is 2.05. The molecule has 1 heterocycles. The maximum absolute atomic E-state index is 9.71. The number of nitrogens with one attached hydrogen (secondary N) is 2. The largest absolute Gasteiger partial charge is 0.504 e. The van der Waals surface area contributed by atoms with Gasteiger partial charge in [0.1, 0.15) is 0 Å². The zero-order chi connectivity index (χ0) is 13.2. The lowest BCUT2D eigenvalue weighted by Crippen LogP contribution is -1.99. The molecule has 5 heteroatoms. The number of anilines is 1. The molecular weight excluding hydrogens is 242 g/mol. The predicted molar refractivity (Wildman–Crippen MR) is 73.2 cm³/mol. The van der Waals surface area contributed by atoms with Crippen molar-refractivity contribution in [3.8, 4) is 11.5 Å². The van der Waals surface area contributed by atoms with Crippen LogP contribution in [0.3, 0.4) is 0 Å². The lowest BCUT2D eigenvalue weighted by molar-refractivity contribution is 0.400. The number of hydrogen-bond donors (Lipinski definition) is 4. The van der Waals surface area contributed by atoms with E-state index in [1.54, 1.807) is 18.3 Å². The number of H-pyrrole nitrogens is 1. The number of rotatable bonds is 3. The summed E-state index contributed by atoms with van der Waals surface area (Å²) in [6.45, 7) is 0.430. The van der Waals surface area contributed by atoms with E-state index in [4.69, 9.17) is 0 Å². The maximum atomic E-state index is 9.71. The minimum Gasteiger partial charge on any atom is -0.504 e. The number of para-hydroxylation sites is 1. The van der Waals surface area contributed by atoms with Crippen LogP contribution in [-0.2, 0) is 6.54 Å². The molecule has 0 saturated carbocycles. The molecule has 0 aliphatic rings. The summed E-state index contributed by atoms with van der Waals surface area (Å²) in [5, 5.41) is 30.2. The number of aromatic hydroxyl groups is 2. The number of hydrogen-bond acceptors (Lipinski definition) is 4. The van der Waals surface area contributed by atoms with Crippen LogP contribution in [-0.4, -0.2) is 20.4 Å². The number of aromatic amines is 1. The number of nitrogens with zero attached hydrogens (tertiary/aromatic N) is 1. The van der Waals surface area contributed by atoms with Gasteiger partial charge in [-0.15, -0.1) is 0 Å². The number of phenolic OH excluding ortho intramolecular Hbond substituents is 2. The smallest absolute Gasteiger partial charge is 0.162 e. The van der Waals surface area contributed by atoms with Gasteiger partial charge in [0.25, 0.3) is 0 Å². The number of fused-ring (bicyclic) bond motifs is 1. The Bertz CT molecular complexity index is 722. The zero-order valence-electron chi connectivity index (χ0n) is 10.1. The first-order chi connectivity index (χ1) is 9.24. The Hall–Kier alpha value is -2.69. The summed E-state index contributed by atoms with van der Waals surface area (Å²) in [7, 11) is 0. The summed E-state index contributed by atoms with van der Waals surface area (Å²) in [6.07, 6.45) is 1.76. The minimum atomic E-state index is -0.108. The van der Waals surface area contributed by atoms with Crippen molar-refractivity contribution in [1.82, 2.24) is 10.2 Å². The van der Waals surface area contributed by atoms with E-state index in [9.17, 15) is 10.2 Å². The normalized spacial score (nSPS) is 10.7. The third kappa shape index (κ3) is 2.18. The molecular formula is C14H13N3O2. The van der Waals surface area contributed by atoms with Gasteiger partial charge in [0.05, 0.1) is 11.7 Å². The summed E-state index contributed by atoms with van der Waals surface area (Å²) >= 11 is 0. The van der Waals surface area contributed by atoms with E-state index in [0.717, 1.165) is 16.6 Å². The molecule has 3 rings (SSSR count). The van der Waals surface area contributed by atoms with Gasteiger partial charge in [0.2, 0.25) is 0 Å². The van der Waals surface area contributed by atoms with Crippen LogP contribution in [0.1, 0.15) is 5.56 Å². The average molecular weight is 255 g/mol. The van der Waals surface area contributed by atoms with Crippen molar-refractivity contribution in [3.63, 3.8) is 0 Å². The van der Waals surface area contributed by atoms with Gasteiger partial charge in [-0.05, 0) is 24.3 Å². The Labute approximate surface area is 109 Å². The first-order valence-corrected chi connectivity index (χ1v) is 5.91. The summed E-state index contributed by atoms with van der Waals surface area (Å²) < 4.78 is 0. The van der Waals surface area contributed by atoms with Gasteiger partial charge in [-0.3, -0.25) is 5.10 Å². The van der Waals surface area contributed by atoms with E-state index in [-0.39, 0.29) is 11.5 Å². The Kier molecular flexibility index (Phi) is 2.72. The second kappa shape index (κ2) is 4.53. The first kappa shape index (κ1) is 11.4. The molecule has 0 bridgehead atoms. The predicted octanol–water partition coefficient (Wildman–Crippen LogP) is 2.59. The molecule has 0 spiro atoms. The molecule has 3 aromatic rings. The molecule has 0 atom stereocenters. The Morgan fingerprint density at radius 2 is 2.05 bits per heavy atom. The summed E-state index contributed by atoms with van der Waals surface area (Å²) in [6, 6.07) is 10.8. The first-order valence-electron chi connectivity index (χ1n) is 5.91. The quantitative estimate of drug-likeness (QED) is 0.542. The van der Waals surface area contributed by atoms with Crippen molar-refractivity contribution >= 4 is 16.6 Å². The number of phenols is 2. The molecule has 5 nitrogen and oxygen atoms in total. The van der Waals surface area contributed by atoms with Crippen molar-refractivity contribution in [2.75, 3.05) is 5.32 Å². The Balaban J connectivity index is 1.80. The zero-order valence-corrected chi connectivity index (χ0v) is 10.1. The highest BCUT2D eigenvalue weighted by atomic mass is 16.3. The molecule has 0 aliphatic heterocycles. The van der Waals surface area contributed by atoms with Crippen LogP contribution in [0.5, 0.6) is 11.5 Å². The SMILES string of the molecule is Oc1cccc(CNc2ccc3cn[nH]c3c2)c1O. The van der Waals surface area contributed by atoms with Gasteiger partial charge in [0.15, 0.2) is 11.5 Å². The van der Waals surface area contributed by atoms with Crippen molar-refractivity contribution in [3.05, 3.63) is 48.2 Å². The fraction of sp³-hybridized carbons (Fsp3) is 0.0714. The second-order valence-electron chi connectivity index (χ2n) is 4.31. The van der Waals surface area contributed by atoms with Crippen LogP contribution in [0, 0.1) is 0 Å². The van der Waals surface area contributed by atoms with Crippen LogP contribution in [0.25, 0.3) is 10.9 Å². The fourth-order valence-electron chi connectivity index (χ4n) is 1.96. The van der Waals surface area contributed by atoms with Gasteiger partial charge < -0.3 is 15.5 Å². The minimum absolute atomic E-state index is 0.0855. The van der Waals surface area contributed by atoms with E-state index in [0.29, 0.717) is 12.1 Å². The van der Waals surface area contributed by atoms with Crippen LogP contribution < -0.4 is 5.32 Å². The molecule has 0 amide bonds. The van der Waals surface area contributed by atoms with Crippen LogP contribution in [0.15, 0.2) is 42.6 Å². The Morgan fingerprint density at radius 3 is 2.95 bits per heavy atom. The Morgan fingerprint density at radius 1 is 1.16 bits per heavy atom. The van der Waals surface area contributed by atoms with Crippen LogP contribution in [0.2, 0.25) is 0 Å². The van der Waals surface area contributed by atoms with E-state index in [2.05, 4.69) is 15.5 Å². The standard InChI is InChI=1S/C14H13N3O2/c18-13-3-1-2-10(14(13)19)7-15-11-5-4-9-8-16-17-12(9)6-11/h1-6,8,15,18-19H,7H2,(H,16,17). The van der Waals surface area contributed by atoms with Crippen molar-refractivity contribution in [2.24, 2.45) is 0 Å². The molecule has 0 radical (unpaired) electrons. The maximum Gasteiger partial charge on any atom is 0.162 e. The average Bonchev–Trinajstić information content (AvgIpc) is 2.88. The fourth-order valence-corrected chi connectivity index (χ4v) is 1.96. The molecule has 96 valence electrons. The van der Waals surface area contributed by atoms with Gasteiger partial charge in [0, 0.05) is 23.2 Å². The van der Waals surface area contributed by atoms with Gasteiger partial charge in [-0.1, -0.05) is 12.1 Å². The molecule has 0 aliphatic carbocycles. The monoisotopic (exact) mass is 255 g/mol. The van der Waals surface area contributed by atoms with Crippen molar-refractivity contribution < 1.29 is 10.2 Å². The number of aromatic nitrogens is 2. The summed E-state index contributed by atoms with van der Waals surface area (Å²) in [5.41, 5.74) is 2.51. The van der Waals surface area contributed by atoms with Crippen molar-refractivity contribution in [1.29, 1.82) is 0 Å². The van der Waals surface area contributed by atoms with E-state index < -0.39 is 0 Å². The molecule has 0 saturated heterocycles. The van der Waals surface area contributed by atoms with Crippen LogP contribution >= 0.6 is 0 Å². The lowest BCUT2D eigenvalue weighted by Gasteiger charge is -2.09. The van der Waals surface area contributed by atoms with Gasteiger partial charge in [-0.25, -0.2) is 0 Å². The molecule has 2 aromatic carbocycles. The van der Waals surface area contributed by atoms with E-state index in [1.165, 1.54) is 6.07 Å². The van der Waals surface area contributed by atoms with Crippen LogP contribution in [0.4, 0.5) is 5.69 Å². The molecule has 0 fully saturated rings. The topological polar surface area (TPSA) is 81.2 Å². The molecule has 0 unspecified atom stereocenters. The lowest BCUT2D eigenvalue weighted by atomic mass is 10.1. The van der Waals surface area contributed by atoms with Gasteiger partial charge >= 0.3 is 0 Å². The highest BCUT2D eigenvalue weighted by molar-refractivity contribution is 5.81. The summed E-state index contributed by atoms with van der Waals surface area (Å²) in [5.74, 6) is -0.194. The second-order valence-corrected chi connectivity index (χ2v) is 4.31. The molecule has 19 heavy (non-hydrogen) atoms. The van der Waals surface area contributed by atoms with Crippen molar-refractivity contribution in [2.45, 2.75) is 6.54 Å². The summed E-state index contributed by atoms with van der Waals surface area (Å²) in [4.78, 5) is 0. The third-order valence-corrected chi connectivity index (χ3v) is 3.02.